The number of aliphatic hydroxyl groups excluding tert-OH is 1. The highest BCUT2D eigenvalue weighted by Crippen LogP contribution is 2.60. The summed E-state index contributed by atoms with van der Waals surface area (Å²) in [6.07, 6.45) is 3.42. The fourth-order valence-electron chi connectivity index (χ4n) is 6.32. The lowest BCUT2D eigenvalue weighted by Crippen LogP contribution is -2.54. The molecule has 7 heteroatoms. The van der Waals surface area contributed by atoms with Crippen LogP contribution in [0.15, 0.2) is 23.8 Å². The summed E-state index contributed by atoms with van der Waals surface area (Å²) >= 11 is 0. The third-order valence-electron chi connectivity index (χ3n) is 7.86. The Morgan fingerprint density at radius 1 is 1.32 bits per heavy atom. The van der Waals surface area contributed by atoms with Crippen molar-refractivity contribution in [3.63, 3.8) is 0 Å². The highest BCUT2D eigenvalue weighted by molar-refractivity contribution is 5.88. The smallest absolute Gasteiger partial charge is 0.335 e. The number of ether oxygens (including phenoxy) is 3. The average Bonchev–Trinajstić information content (AvgIpc) is 2.91. The second-order valence-electron chi connectivity index (χ2n) is 9.58. The number of Topliss-reactive ketones (excluding diaryl/α,β-unsaturated/α-hetero) is 1. The van der Waals surface area contributed by atoms with Crippen LogP contribution < -0.4 is 0 Å². The van der Waals surface area contributed by atoms with Gasteiger partial charge < -0.3 is 19.3 Å². The maximum atomic E-state index is 13.5. The van der Waals surface area contributed by atoms with Crippen molar-refractivity contribution >= 4 is 11.8 Å². The number of hydrogen-bond acceptors (Lipinski definition) is 7. The van der Waals surface area contributed by atoms with Gasteiger partial charge in [-0.1, -0.05) is 32.1 Å². The Morgan fingerprint density at radius 2 is 2.03 bits per heavy atom. The maximum absolute atomic E-state index is 13.5. The Balaban J connectivity index is 1.89. The molecule has 4 aliphatic rings. The molecular formula is C24H31NO6. The third-order valence-corrected chi connectivity index (χ3v) is 7.86. The minimum Gasteiger partial charge on any atom is -0.457 e. The normalized spacial score (nSPS) is 49.3. The van der Waals surface area contributed by atoms with Crippen molar-refractivity contribution in [3.8, 4) is 6.07 Å². The van der Waals surface area contributed by atoms with E-state index in [9.17, 15) is 20.0 Å². The zero-order valence-electron chi connectivity index (χ0n) is 18.6. The van der Waals surface area contributed by atoms with Gasteiger partial charge in [0.1, 0.15) is 17.5 Å². The number of carbonyl (C=O) groups is 2. The first-order valence-electron chi connectivity index (χ1n) is 11.1. The molecule has 1 saturated heterocycles. The van der Waals surface area contributed by atoms with Crippen LogP contribution >= 0.6 is 0 Å². The zero-order valence-corrected chi connectivity index (χ0v) is 18.6. The van der Waals surface area contributed by atoms with Crippen LogP contribution in [0.3, 0.4) is 0 Å². The van der Waals surface area contributed by atoms with Crippen molar-refractivity contribution in [2.24, 2.45) is 35.5 Å². The number of hydrogen-bond donors (Lipinski definition) is 1. The van der Waals surface area contributed by atoms with Gasteiger partial charge in [-0.15, -0.1) is 0 Å². The van der Waals surface area contributed by atoms with Gasteiger partial charge in [0.2, 0.25) is 0 Å². The van der Waals surface area contributed by atoms with Gasteiger partial charge in [0.15, 0.2) is 6.10 Å². The van der Waals surface area contributed by atoms with Crippen LogP contribution in [0.1, 0.15) is 34.1 Å². The van der Waals surface area contributed by atoms with Gasteiger partial charge in [-0.05, 0) is 25.8 Å². The summed E-state index contributed by atoms with van der Waals surface area (Å²) in [5, 5.41) is 20.0. The molecule has 2 aliphatic carbocycles. The van der Waals surface area contributed by atoms with Crippen molar-refractivity contribution in [2.45, 2.75) is 64.1 Å². The van der Waals surface area contributed by atoms with E-state index in [1.165, 1.54) is 7.11 Å². The summed E-state index contributed by atoms with van der Waals surface area (Å²) in [7, 11) is 1.45. The Kier molecular flexibility index (Phi) is 5.61. The topological polar surface area (TPSA) is 106 Å². The lowest BCUT2D eigenvalue weighted by Gasteiger charge is -2.45. The van der Waals surface area contributed by atoms with Crippen LogP contribution in [0.4, 0.5) is 0 Å². The van der Waals surface area contributed by atoms with E-state index in [0.717, 1.165) is 5.57 Å². The van der Waals surface area contributed by atoms with E-state index in [1.807, 2.05) is 39.0 Å². The van der Waals surface area contributed by atoms with E-state index in [4.69, 9.17) is 14.2 Å². The van der Waals surface area contributed by atoms with Crippen LogP contribution in [0, 0.1) is 46.8 Å². The summed E-state index contributed by atoms with van der Waals surface area (Å²) in [6, 6.07) is 2.31. The SMILES string of the molecule is COC1C[C@H]2C=C[C@@H]3[C@H]4C(=O)C(C)C(C#N)[C@@H]3O[C@@]24/C(C)=C/[C@@H](C)[C@@H]([C@@H](C)O)OC1=O. The van der Waals surface area contributed by atoms with E-state index in [-0.39, 0.29) is 36.1 Å². The quantitative estimate of drug-likeness (QED) is 0.530. The molecule has 1 N–H and O–H groups in total. The van der Waals surface area contributed by atoms with Crippen molar-refractivity contribution < 1.29 is 28.9 Å². The number of methoxy groups -OCH3 is 1. The molecule has 0 amide bonds. The van der Waals surface area contributed by atoms with Crippen molar-refractivity contribution in [3.05, 3.63) is 23.8 Å². The second-order valence-corrected chi connectivity index (χ2v) is 9.58. The van der Waals surface area contributed by atoms with Crippen LogP contribution in [0.2, 0.25) is 0 Å². The first-order valence-corrected chi connectivity index (χ1v) is 11.1. The lowest BCUT2D eigenvalue weighted by molar-refractivity contribution is -0.171. The fraction of sp³-hybridized carbons (Fsp3) is 0.708. The van der Waals surface area contributed by atoms with E-state index in [0.29, 0.717) is 0 Å². The molecule has 7 nitrogen and oxygen atoms in total. The molecule has 3 unspecified atom stereocenters. The van der Waals surface area contributed by atoms with E-state index >= 15 is 0 Å². The number of esters is 1. The molecule has 11 atom stereocenters. The molecule has 0 aromatic rings. The molecule has 1 saturated carbocycles. The highest BCUT2D eigenvalue weighted by Gasteiger charge is 2.68. The van der Waals surface area contributed by atoms with Gasteiger partial charge >= 0.3 is 5.97 Å². The number of nitriles is 1. The van der Waals surface area contributed by atoms with Gasteiger partial charge in [-0.2, -0.15) is 5.26 Å². The third kappa shape index (κ3) is 3.11. The van der Waals surface area contributed by atoms with Crippen LogP contribution in [-0.4, -0.2) is 54.0 Å². The second kappa shape index (κ2) is 7.84. The number of ketones is 1. The van der Waals surface area contributed by atoms with Gasteiger partial charge in [0, 0.05) is 30.8 Å². The number of rotatable bonds is 2. The Bertz CT molecular complexity index is 872. The Labute approximate surface area is 183 Å². The fourth-order valence-corrected chi connectivity index (χ4v) is 6.32. The molecule has 0 aromatic heterocycles. The average molecular weight is 430 g/mol. The van der Waals surface area contributed by atoms with Gasteiger partial charge in [-0.25, -0.2) is 4.79 Å². The lowest BCUT2D eigenvalue weighted by atomic mass is 9.57. The van der Waals surface area contributed by atoms with Gasteiger partial charge in [-0.3, -0.25) is 4.79 Å². The molecule has 2 fully saturated rings. The first-order chi connectivity index (χ1) is 14.7. The monoisotopic (exact) mass is 429 g/mol. The van der Waals surface area contributed by atoms with E-state index in [2.05, 4.69) is 6.07 Å². The molecule has 4 bridgehead atoms. The van der Waals surface area contributed by atoms with Crippen molar-refractivity contribution in [1.29, 1.82) is 5.26 Å². The molecule has 0 aromatic carbocycles. The van der Waals surface area contributed by atoms with Crippen LogP contribution in [0.25, 0.3) is 0 Å². The van der Waals surface area contributed by atoms with E-state index in [1.54, 1.807) is 6.92 Å². The molecule has 2 aliphatic heterocycles. The van der Waals surface area contributed by atoms with Gasteiger partial charge in [0.05, 0.1) is 30.1 Å². The molecular weight excluding hydrogens is 398 g/mol. The van der Waals surface area contributed by atoms with Crippen LogP contribution in [-0.2, 0) is 23.8 Å². The Hall–Kier alpha value is -2.01. The van der Waals surface area contributed by atoms with E-state index < -0.39 is 47.6 Å². The molecule has 2 heterocycles. The summed E-state index contributed by atoms with van der Waals surface area (Å²) in [5.74, 6) is -2.56. The summed E-state index contributed by atoms with van der Waals surface area (Å²) in [5.41, 5.74) is -0.0585. The predicted molar refractivity (Wildman–Crippen MR) is 110 cm³/mol. The van der Waals surface area contributed by atoms with Gasteiger partial charge in [0.25, 0.3) is 0 Å². The number of aliphatic hydroxyl groups is 1. The number of carbonyl (C=O) groups excluding carboxylic acids is 2. The van der Waals surface area contributed by atoms with Crippen molar-refractivity contribution in [1.82, 2.24) is 0 Å². The number of cyclic esters (lactones) is 1. The van der Waals surface area contributed by atoms with Crippen LogP contribution in [0.5, 0.6) is 0 Å². The first kappa shape index (κ1) is 22.2. The molecule has 31 heavy (non-hydrogen) atoms. The Morgan fingerprint density at radius 3 is 2.65 bits per heavy atom. The molecule has 1 spiro atoms. The molecule has 0 radical (unpaired) electrons. The molecule has 4 rings (SSSR count). The predicted octanol–water partition coefficient (Wildman–Crippen LogP) is 2.19. The summed E-state index contributed by atoms with van der Waals surface area (Å²) < 4.78 is 17.8. The maximum Gasteiger partial charge on any atom is 0.335 e. The minimum atomic E-state index is -0.938. The molecule has 168 valence electrons. The zero-order chi connectivity index (χ0) is 22.7. The summed E-state index contributed by atoms with van der Waals surface area (Å²) in [4.78, 5) is 26.4. The largest absolute Gasteiger partial charge is 0.457 e. The standard InChI is InChI=1S/C24H31NO6/c1-11-8-12(2)24-15(9-18(29-5)23(28)30-21(11)14(4)26)6-7-16-19(24)20(27)13(3)17(10-25)22(16)31-24/h6-8,11,13-19,21-22,26H,9H2,1-5H3/b12-8+/t11-,13?,14-,15-,16-,17?,18?,19+,21+,22-,24+/m1/s1. The minimum absolute atomic E-state index is 0.0423. The van der Waals surface area contributed by atoms with Crippen molar-refractivity contribution in [2.75, 3.05) is 7.11 Å². The summed E-state index contributed by atoms with van der Waals surface area (Å²) in [6.45, 7) is 7.23. The number of nitrogens with zero attached hydrogens (tertiary/aromatic N) is 1. The highest BCUT2D eigenvalue weighted by atomic mass is 16.6.